The summed E-state index contributed by atoms with van der Waals surface area (Å²) in [6.45, 7) is 0. The van der Waals surface area contributed by atoms with E-state index in [0.717, 1.165) is 0 Å². The third-order valence-electron chi connectivity index (χ3n) is 0.821. The van der Waals surface area contributed by atoms with Crippen molar-refractivity contribution in [3.8, 4) is 0 Å². The topological polar surface area (TPSA) is 40.1 Å². The van der Waals surface area contributed by atoms with Crippen molar-refractivity contribution in [2.24, 2.45) is 0 Å². The van der Waals surface area contributed by atoms with E-state index in [1.165, 1.54) is 0 Å². The van der Waals surface area contributed by atoms with Crippen molar-refractivity contribution in [3.63, 3.8) is 0 Å². The molecule has 0 fully saturated rings. The van der Waals surface area contributed by atoms with Gasteiger partial charge in [0.15, 0.2) is 0 Å². The molecule has 0 aromatic carbocycles. The maximum atomic E-state index is 11.3. The van der Waals surface area contributed by atoms with Crippen LogP contribution >= 0.6 is 0 Å². The van der Waals surface area contributed by atoms with Gasteiger partial charge in [0.1, 0.15) is 0 Å². The van der Waals surface area contributed by atoms with Gasteiger partial charge in [-0.05, 0) is 11.8 Å². The third kappa shape index (κ3) is 5.51. The second kappa shape index (κ2) is 5.04. The first kappa shape index (κ1) is 16.2. The quantitative estimate of drug-likeness (QED) is 0.225. The summed E-state index contributed by atoms with van der Waals surface area (Å²) < 4.78 is 67.8. The van der Waals surface area contributed by atoms with E-state index >= 15 is 0 Å². The number of alkyl halides is 6. The molecule has 2 nitrogen and oxygen atoms in total. The zero-order valence-electron chi connectivity index (χ0n) is 6.66. The molecule has 0 saturated heterocycles. The molecule has 0 aliphatic carbocycles. The SMILES string of the molecule is O=C(/C=C(\[O-])C(F)(F)F)C(F)(F)F.[Na+]. The Morgan fingerprint density at radius 2 is 1.36 bits per heavy atom. The minimum Gasteiger partial charge on any atom is -0.869 e. The van der Waals surface area contributed by atoms with Crippen LogP contribution in [-0.2, 0) is 4.79 Å². The fourth-order valence-electron chi connectivity index (χ4n) is 0.283. The molecule has 0 unspecified atom stereocenters. The summed E-state index contributed by atoms with van der Waals surface area (Å²) in [4.78, 5) is 9.82. The van der Waals surface area contributed by atoms with Crippen molar-refractivity contribution in [2.45, 2.75) is 12.4 Å². The average Bonchev–Trinajstić information content (AvgIpc) is 1.82. The van der Waals surface area contributed by atoms with Crippen LogP contribution in [0.2, 0.25) is 0 Å². The Kier molecular flexibility index (Phi) is 5.84. The molecule has 0 spiro atoms. The summed E-state index contributed by atoms with van der Waals surface area (Å²) in [5, 5.41) is 9.82. The standard InChI is InChI=1S/C5H2F6O2.Na/c6-4(7,8)2(12)1-3(13)5(9,10)11;/h1,12H;/q;+1/p-1/b2-1-;. The Balaban J connectivity index is 0. The molecule has 0 radical (unpaired) electrons. The van der Waals surface area contributed by atoms with Gasteiger partial charge in [0.05, 0.1) is 0 Å². The molecule has 0 aliphatic heterocycles. The summed E-state index contributed by atoms with van der Waals surface area (Å²) in [5.41, 5.74) is 0. The fourth-order valence-corrected chi connectivity index (χ4v) is 0.283. The Labute approximate surface area is 95.9 Å². The minimum absolute atomic E-state index is 0. The van der Waals surface area contributed by atoms with Gasteiger partial charge >= 0.3 is 41.9 Å². The van der Waals surface area contributed by atoms with E-state index in [0.29, 0.717) is 0 Å². The maximum Gasteiger partial charge on any atom is 1.00 e. The number of carbonyl (C=O) groups is 1. The predicted octanol–water partition coefficient (Wildman–Crippen LogP) is -2.07. The van der Waals surface area contributed by atoms with Gasteiger partial charge in [-0.1, -0.05) is 0 Å². The Hall–Kier alpha value is -0.210. The van der Waals surface area contributed by atoms with Gasteiger partial charge in [-0.15, -0.1) is 0 Å². The second-order valence-electron chi connectivity index (χ2n) is 1.87. The van der Waals surface area contributed by atoms with E-state index in [1.54, 1.807) is 0 Å². The van der Waals surface area contributed by atoms with Gasteiger partial charge in [-0.3, -0.25) is 4.79 Å². The molecule has 0 atom stereocenters. The van der Waals surface area contributed by atoms with E-state index in [2.05, 4.69) is 0 Å². The smallest absolute Gasteiger partial charge is 0.869 e. The van der Waals surface area contributed by atoms with E-state index in [9.17, 15) is 36.2 Å². The van der Waals surface area contributed by atoms with Crippen LogP contribution in [0, 0.1) is 0 Å². The first-order valence-electron chi connectivity index (χ1n) is 2.62. The molecular formula is C5HF6NaO2. The maximum absolute atomic E-state index is 11.3. The van der Waals surface area contributed by atoms with Crippen LogP contribution in [-0.4, -0.2) is 18.1 Å². The van der Waals surface area contributed by atoms with Crippen molar-refractivity contribution in [3.05, 3.63) is 11.8 Å². The van der Waals surface area contributed by atoms with Gasteiger partial charge in [0.2, 0.25) is 0 Å². The molecule has 0 bridgehead atoms. The summed E-state index contributed by atoms with van der Waals surface area (Å²) in [6, 6.07) is 0. The van der Waals surface area contributed by atoms with Crippen LogP contribution in [0.4, 0.5) is 26.3 Å². The van der Waals surface area contributed by atoms with Crippen molar-refractivity contribution in [1.82, 2.24) is 0 Å². The van der Waals surface area contributed by atoms with E-state index in [1.807, 2.05) is 0 Å². The van der Waals surface area contributed by atoms with Crippen LogP contribution in [0.15, 0.2) is 11.8 Å². The molecular weight excluding hydrogens is 229 g/mol. The number of ketones is 1. The number of carbonyl (C=O) groups excluding carboxylic acids is 1. The molecule has 0 N–H and O–H groups in total. The Morgan fingerprint density at radius 3 is 1.57 bits per heavy atom. The van der Waals surface area contributed by atoms with Crippen LogP contribution in [0.3, 0.4) is 0 Å². The van der Waals surface area contributed by atoms with Crippen LogP contribution in [0.5, 0.6) is 0 Å². The van der Waals surface area contributed by atoms with Crippen molar-refractivity contribution in [1.29, 1.82) is 0 Å². The van der Waals surface area contributed by atoms with Gasteiger partial charge in [0.25, 0.3) is 5.78 Å². The zero-order chi connectivity index (χ0) is 10.9. The van der Waals surface area contributed by atoms with Crippen LogP contribution in [0.25, 0.3) is 0 Å². The van der Waals surface area contributed by atoms with Crippen LogP contribution < -0.4 is 34.7 Å². The minimum atomic E-state index is -5.46. The van der Waals surface area contributed by atoms with Gasteiger partial charge in [-0.2, -0.15) is 26.3 Å². The van der Waals surface area contributed by atoms with E-state index in [4.69, 9.17) is 0 Å². The second-order valence-corrected chi connectivity index (χ2v) is 1.87. The first-order valence-corrected chi connectivity index (χ1v) is 2.62. The van der Waals surface area contributed by atoms with Crippen LogP contribution in [0.1, 0.15) is 0 Å². The summed E-state index contributed by atoms with van der Waals surface area (Å²) in [7, 11) is 0. The number of rotatable bonds is 1. The molecule has 0 heterocycles. The van der Waals surface area contributed by atoms with Gasteiger partial charge < -0.3 is 5.11 Å². The molecule has 9 heteroatoms. The van der Waals surface area contributed by atoms with E-state index < -0.39 is 30.0 Å². The molecule has 0 aromatic rings. The number of allylic oxidation sites excluding steroid dienone is 2. The summed E-state index contributed by atoms with van der Waals surface area (Å²) >= 11 is 0. The first-order chi connectivity index (χ1) is 5.55. The molecule has 0 amide bonds. The molecule has 0 saturated carbocycles. The van der Waals surface area contributed by atoms with E-state index in [-0.39, 0.29) is 29.6 Å². The van der Waals surface area contributed by atoms with Gasteiger partial charge in [-0.25, -0.2) is 0 Å². The third-order valence-corrected chi connectivity index (χ3v) is 0.821. The molecule has 14 heavy (non-hydrogen) atoms. The Bertz CT molecular complexity index is 240. The molecule has 76 valence electrons. The number of hydrogen-bond acceptors (Lipinski definition) is 2. The van der Waals surface area contributed by atoms with Crippen molar-refractivity contribution < 1.29 is 65.8 Å². The number of hydrogen-bond donors (Lipinski definition) is 0. The van der Waals surface area contributed by atoms with Crippen molar-refractivity contribution >= 4 is 5.78 Å². The normalized spacial score (nSPS) is 13.4. The average molecular weight is 230 g/mol. The molecule has 0 aliphatic rings. The zero-order valence-corrected chi connectivity index (χ0v) is 8.66. The largest absolute Gasteiger partial charge is 1.00 e. The monoisotopic (exact) mass is 230 g/mol. The van der Waals surface area contributed by atoms with Gasteiger partial charge in [0, 0.05) is 0 Å². The Morgan fingerprint density at radius 1 is 1.00 bits per heavy atom. The molecule has 0 aromatic heterocycles. The summed E-state index contributed by atoms with van der Waals surface area (Å²) in [6.07, 6.45) is -11.9. The number of halogens is 6. The van der Waals surface area contributed by atoms with Crippen molar-refractivity contribution in [2.75, 3.05) is 0 Å². The fraction of sp³-hybridized carbons (Fsp3) is 0.400. The molecule has 0 rings (SSSR count). The predicted molar refractivity (Wildman–Crippen MR) is 25.2 cm³/mol. The summed E-state index contributed by atoms with van der Waals surface area (Å²) in [5.74, 6) is -5.65.